The molecular weight excluding hydrogens is 350 g/mol. The van der Waals surface area contributed by atoms with Crippen molar-refractivity contribution in [3.63, 3.8) is 0 Å². The van der Waals surface area contributed by atoms with Crippen LogP contribution in [0.3, 0.4) is 0 Å². The van der Waals surface area contributed by atoms with Crippen LogP contribution in [0.1, 0.15) is 46.9 Å². The van der Waals surface area contributed by atoms with E-state index in [1.165, 1.54) is 12.7 Å². The lowest BCUT2D eigenvalue weighted by Crippen LogP contribution is -2.13. The molecule has 3 aromatic rings. The number of aromatic nitrogens is 1. The molecule has 0 aliphatic heterocycles. The van der Waals surface area contributed by atoms with Crippen LogP contribution in [-0.2, 0) is 16.1 Å². The molecule has 28 heavy (non-hydrogen) atoms. The summed E-state index contributed by atoms with van der Waals surface area (Å²) in [5.41, 5.74) is 5.07. The summed E-state index contributed by atoms with van der Waals surface area (Å²) in [5.74, 6) is 0.0442. The summed E-state index contributed by atoms with van der Waals surface area (Å²) in [4.78, 5) is 24.2. The van der Waals surface area contributed by atoms with Crippen LogP contribution in [0.4, 0.5) is 0 Å². The number of ether oxygens (including phenoxy) is 1. The lowest BCUT2D eigenvalue weighted by molar-refractivity contribution is -0.136. The van der Waals surface area contributed by atoms with Crippen LogP contribution < -0.4 is 0 Å². The van der Waals surface area contributed by atoms with E-state index in [2.05, 4.69) is 26.0 Å². The highest BCUT2D eigenvalue weighted by Crippen LogP contribution is 2.26. The number of hydrogen-bond donors (Lipinski definition) is 0. The first kappa shape index (κ1) is 19.6. The number of para-hydroxylation sites is 1. The number of fused-ring (bicyclic) bond motifs is 1. The predicted octanol–water partition coefficient (Wildman–Crippen LogP) is 5.14. The van der Waals surface area contributed by atoms with Gasteiger partial charge in [-0.25, -0.2) is 4.79 Å². The smallest absolute Gasteiger partial charge is 0.335 e. The first-order chi connectivity index (χ1) is 13.5. The van der Waals surface area contributed by atoms with E-state index in [9.17, 15) is 9.59 Å². The molecule has 1 heterocycles. The van der Waals surface area contributed by atoms with Gasteiger partial charge in [-0.15, -0.1) is 0 Å². The highest BCUT2D eigenvalue weighted by Gasteiger charge is 2.18. The number of esters is 1. The van der Waals surface area contributed by atoms with Crippen molar-refractivity contribution in [3.05, 3.63) is 76.5 Å². The Morgan fingerprint density at radius 3 is 2.39 bits per heavy atom. The van der Waals surface area contributed by atoms with E-state index >= 15 is 0 Å². The van der Waals surface area contributed by atoms with Crippen molar-refractivity contribution in [2.75, 3.05) is 7.11 Å². The zero-order chi connectivity index (χ0) is 20.3. The van der Waals surface area contributed by atoms with Crippen LogP contribution >= 0.6 is 0 Å². The molecule has 0 amide bonds. The molecule has 0 aliphatic carbocycles. The third-order valence-corrected chi connectivity index (χ3v) is 5.11. The molecule has 2 aromatic carbocycles. The van der Waals surface area contributed by atoms with Gasteiger partial charge in [0.15, 0.2) is 6.29 Å². The van der Waals surface area contributed by atoms with E-state index in [1.807, 2.05) is 54.0 Å². The van der Waals surface area contributed by atoms with Crippen molar-refractivity contribution in [2.24, 2.45) is 0 Å². The molecule has 0 unspecified atom stereocenters. The Morgan fingerprint density at radius 2 is 1.79 bits per heavy atom. The van der Waals surface area contributed by atoms with Crippen LogP contribution in [0.15, 0.2) is 54.1 Å². The predicted molar refractivity (Wildman–Crippen MR) is 113 cm³/mol. The Kier molecular flexibility index (Phi) is 5.78. The van der Waals surface area contributed by atoms with Gasteiger partial charge in [-0.2, -0.15) is 0 Å². The SMILES string of the molecule is COC(=O)/C(=C/c1ccc(C(C)C)cc1)Cn1c(C=O)c(C)c2ccccc21. The highest BCUT2D eigenvalue weighted by molar-refractivity contribution is 5.96. The van der Waals surface area contributed by atoms with Crippen molar-refractivity contribution < 1.29 is 14.3 Å². The molecule has 0 radical (unpaired) electrons. The molecule has 0 bridgehead atoms. The van der Waals surface area contributed by atoms with Gasteiger partial charge >= 0.3 is 5.97 Å². The molecular formula is C24H25NO3. The molecule has 0 spiro atoms. The summed E-state index contributed by atoms with van der Waals surface area (Å²) in [6.07, 6.45) is 2.68. The van der Waals surface area contributed by atoms with E-state index in [0.29, 0.717) is 17.2 Å². The Bertz CT molecular complexity index is 1040. The maximum absolute atomic E-state index is 12.4. The molecule has 0 saturated heterocycles. The second-order valence-electron chi connectivity index (χ2n) is 7.21. The van der Waals surface area contributed by atoms with Gasteiger partial charge in [0.2, 0.25) is 0 Å². The molecule has 0 atom stereocenters. The minimum Gasteiger partial charge on any atom is -0.466 e. The maximum Gasteiger partial charge on any atom is 0.335 e. The van der Waals surface area contributed by atoms with Crippen LogP contribution in [-0.4, -0.2) is 23.9 Å². The fraction of sp³-hybridized carbons (Fsp3) is 0.250. The van der Waals surface area contributed by atoms with Gasteiger partial charge < -0.3 is 9.30 Å². The Hall–Kier alpha value is -3.14. The van der Waals surface area contributed by atoms with Crippen LogP contribution in [0, 0.1) is 6.92 Å². The second-order valence-corrected chi connectivity index (χ2v) is 7.21. The standard InChI is InChI=1S/C24H25NO3/c1-16(2)19-11-9-18(10-12-19)13-20(24(27)28-4)14-25-22-8-6-5-7-21(22)17(3)23(25)15-26/h5-13,15-16H,14H2,1-4H3/b20-13+. The minimum atomic E-state index is -0.403. The van der Waals surface area contributed by atoms with Gasteiger partial charge in [0, 0.05) is 10.9 Å². The quantitative estimate of drug-likeness (QED) is 0.340. The van der Waals surface area contributed by atoms with Gasteiger partial charge in [0.1, 0.15) is 0 Å². The van der Waals surface area contributed by atoms with Crippen molar-refractivity contribution in [3.8, 4) is 0 Å². The van der Waals surface area contributed by atoms with Crippen LogP contribution in [0.5, 0.6) is 0 Å². The number of hydrogen-bond acceptors (Lipinski definition) is 3. The normalized spacial score (nSPS) is 11.8. The molecule has 144 valence electrons. The summed E-state index contributed by atoms with van der Waals surface area (Å²) in [7, 11) is 1.37. The largest absolute Gasteiger partial charge is 0.466 e. The van der Waals surface area contributed by atoms with E-state index < -0.39 is 5.97 Å². The number of carbonyl (C=O) groups excluding carboxylic acids is 2. The van der Waals surface area contributed by atoms with Crippen LogP contribution in [0.25, 0.3) is 17.0 Å². The molecule has 0 fully saturated rings. The number of aldehydes is 1. The zero-order valence-electron chi connectivity index (χ0n) is 16.7. The van der Waals surface area contributed by atoms with Crippen LogP contribution in [0.2, 0.25) is 0 Å². The molecule has 4 nitrogen and oxygen atoms in total. The Balaban J connectivity index is 2.06. The van der Waals surface area contributed by atoms with E-state index in [1.54, 1.807) is 0 Å². The topological polar surface area (TPSA) is 48.3 Å². The number of nitrogens with zero attached hydrogens (tertiary/aromatic N) is 1. The fourth-order valence-corrected chi connectivity index (χ4v) is 3.47. The summed E-state index contributed by atoms with van der Waals surface area (Å²) in [5, 5.41) is 1.01. The Morgan fingerprint density at radius 1 is 1.11 bits per heavy atom. The van der Waals surface area contributed by atoms with E-state index in [4.69, 9.17) is 4.74 Å². The first-order valence-corrected chi connectivity index (χ1v) is 9.38. The number of rotatable bonds is 6. The van der Waals surface area contributed by atoms with Gasteiger partial charge in [-0.05, 0) is 41.7 Å². The van der Waals surface area contributed by atoms with Gasteiger partial charge in [-0.3, -0.25) is 4.79 Å². The minimum absolute atomic E-state index is 0.265. The third kappa shape index (κ3) is 3.77. The number of aryl methyl sites for hydroxylation is 1. The molecule has 0 aliphatic rings. The molecule has 0 saturated carbocycles. The van der Waals surface area contributed by atoms with E-state index in [0.717, 1.165) is 28.3 Å². The average Bonchev–Trinajstić information content (AvgIpc) is 2.98. The second kappa shape index (κ2) is 8.26. The zero-order valence-corrected chi connectivity index (χ0v) is 16.7. The Labute approximate surface area is 165 Å². The molecule has 0 N–H and O–H groups in total. The maximum atomic E-state index is 12.4. The van der Waals surface area contributed by atoms with Crippen molar-refractivity contribution >= 4 is 29.2 Å². The van der Waals surface area contributed by atoms with Gasteiger partial charge in [-0.1, -0.05) is 56.3 Å². The number of carbonyl (C=O) groups is 2. The molecule has 4 heteroatoms. The monoisotopic (exact) mass is 375 g/mol. The van der Waals surface area contributed by atoms with E-state index in [-0.39, 0.29) is 6.54 Å². The molecule has 3 rings (SSSR count). The number of methoxy groups -OCH3 is 1. The highest BCUT2D eigenvalue weighted by atomic mass is 16.5. The van der Waals surface area contributed by atoms with Crippen molar-refractivity contribution in [2.45, 2.75) is 33.2 Å². The van der Waals surface area contributed by atoms with Gasteiger partial charge in [0.05, 0.1) is 24.9 Å². The molecule has 1 aromatic heterocycles. The first-order valence-electron chi connectivity index (χ1n) is 9.38. The summed E-state index contributed by atoms with van der Waals surface area (Å²) in [6.45, 7) is 6.48. The number of benzene rings is 2. The summed E-state index contributed by atoms with van der Waals surface area (Å²) in [6, 6.07) is 16.0. The lowest BCUT2D eigenvalue weighted by Gasteiger charge is -2.11. The van der Waals surface area contributed by atoms with Gasteiger partial charge in [0.25, 0.3) is 0 Å². The lowest BCUT2D eigenvalue weighted by atomic mass is 10.0. The average molecular weight is 375 g/mol. The third-order valence-electron chi connectivity index (χ3n) is 5.11. The summed E-state index contributed by atoms with van der Waals surface area (Å²) >= 11 is 0. The fourth-order valence-electron chi connectivity index (χ4n) is 3.47. The van der Waals surface area contributed by atoms with Crippen molar-refractivity contribution in [1.29, 1.82) is 0 Å². The summed E-state index contributed by atoms with van der Waals surface area (Å²) < 4.78 is 6.88. The van der Waals surface area contributed by atoms with Crippen molar-refractivity contribution in [1.82, 2.24) is 4.57 Å².